The van der Waals surface area contributed by atoms with Crippen LogP contribution < -0.4 is 5.32 Å². The highest BCUT2D eigenvalue weighted by atomic mass is 79.9. The summed E-state index contributed by atoms with van der Waals surface area (Å²) in [5.74, 6) is -0.0922. The molecule has 0 bridgehead atoms. The van der Waals surface area contributed by atoms with Crippen LogP contribution in [-0.2, 0) is 6.42 Å². The summed E-state index contributed by atoms with van der Waals surface area (Å²) in [5, 5.41) is 3.90. The third kappa shape index (κ3) is 3.22. The Morgan fingerprint density at radius 3 is 2.74 bits per heavy atom. The van der Waals surface area contributed by atoms with Crippen molar-refractivity contribution in [3.63, 3.8) is 0 Å². The Morgan fingerprint density at radius 2 is 2.16 bits per heavy atom. The topological polar surface area (TPSA) is 42.0 Å². The summed E-state index contributed by atoms with van der Waals surface area (Å²) in [4.78, 5) is 17.3. The van der Waals surface area contributed by atoms with E-state index >= 15 is 0 Å². The van der Waals surface area contributed by atoms with Gasteiger partial charge in [-0.25, -0.2) is 4.98 Å². The zero-order valence-corrected chi connectivity index (χ0v) is 13.5. The first-order valence-electron chi connectivity index (χ1n) is 6.05. The van der Waals surface area contributed by atoms with Crippen LogP contribution in [-0.4, -0.2) is 10.9 Å². The van der Waals surface area contributed by atoms with Gasteiger partial charge in [0.25, 0.3) is 5.91 Å². The lowest BCUT2D eigenvalue weighted by molar-refractivity contribution is 0.103. The number of nitrogens with zero attached hydrogens (tertiary/aromatic N) is 1. The first-order valence-corrected chi connectivity index (χ1v) is 7.66. The number of nitrogens with one attached hydrogen (secondary N) is 1. The number of aromatic nitrogens is 1. The molecule has 0 saturated heterocycles. The maximum atomic E-state index is 12.2. The normalized spacial score (nSPS) is 10.5. The van der Waals surface area contributed by atoms with Gasteiger partial charge >= 0.3 is 0 Å². The minimum absolute atomic E-state index is 0.0922. The van der Waals surface area contributed by atoms with Crippen LogP contribution in [0.25, 0.3) is 0 Å². The zero-order chi connectivity index (χ0) is 14.0. The van der Waals surface area contributed by atoms with Crippen molar-refractivity contribution in [3.8, 4) is 0 Å². The lowest BCUT2D eigenvalue weighted by Crippen LogP contribution is -2.11. The van der Waals surface area contributed by atoms with Crippen molar-refractivity contribution in [2.75, 3.05) is 5.32 Å². The number of benzene rings is 1. The van der Waals surface area contributed by atoms with Gasteiger partial charge in [0, 0.05) is 10.2 Å². The Morgan fingerprint density at radius 1 is 1.42 bits per heavy atom. The number of hydrogen-bond acceptors (Lipinski definition) is 3. The number of rotatable bonds is 3. The molecule has 1 aromatic carbocycles. The lowest BCUT2D eigenvalue weighted by atomic mass is 10.2. The molecule has 0 fully saturated rings. The van der Waals surface area contributed by atoms with Gasteiger partial charge in [0.1, 0.15) is 4.88 Å². The van der Waals surface area contributed by atoms with Crippen LogP contribution in [0, 0.1) is 13.8 Å². The molecular formula is C14H15BrN2OS. The molecule has 1 heterocycles. The number of halogens is 1. The van der Waals surface area contributed by atoms with Crippen molar-refractivity contribution >= 4 is 38.9 Å². The van der Waals surface area contributed by atoms with Crippen molar-refractivity contribution < 1.29 is 4.79 Å². The Bertz CT molecular complexity index is 622. The van der Waals surface area contributed by atoms with E-state index in [-0.39, 0.29) is 5.91 Å². The van der Waals surface area contributed by atoms with Crippen LogP contribution in [0.3, 0.4) is 0 Å². The highest BCUT2D eigenvalue weighted by Crippen LogP contribution is 2.23. The molecule has 2 aromatic rings. The molecule has 1 amide bonds. The van der Waals surface area contributed by atoms with Crippen LogP contribution in [0.4, 0.5) is 5.69 Å². The van der Waals surface area contributed by atoms with E-state index in [1.165, 1.54) is 11.3 Å². The van der Waals surface area contributed by atoms with Crippen LogP contribution in [0.2, 0.25) is 0 Å². The molecule has 0 aliphatic rings. The first-order chi connectivity index (χ1) is 9.01. The Balaban J connectivity index is 2.20. The summed E-state index contributed by atoms with van der Waals surface area (Å²) in [5.41, 5.74) is 2.72. The predicted octanol–water partition coefficient (Wildman–Crippen LogP) is 4.34. The van der Waals surface area contributed by atoms with Gasteiger partial charge < -0.3 is 5.32 Å². The number of thiazole rings is 1. The fourth-order valence-electron chi connectivity index (χ4n) is 1.67. The highest BCUT2D eigenvalue weighted by molar-refractivity contribution is 9.10. The maximum absolute atomic E-state index is 12.2. The highest BCUT2D eigenvalue weighted by Gasteiger charge is 2.14. The van der Waals surface area contributed by atoms with Crippen LogP contribution >= 0.6 is 27.3 Å². The molecule has 0 spiro atoms. The van der Waals surface area contributed by atoms with Gasteiger partial charge in [-0.2, -0.15) is 0 Å². The van der Waals surface area contributed by atoms with E-state index in [9.17, 15) is 4.79 Å². The number of carbonyl (C=O) groups is 1. The second-order valence-corrected chi connectivity index (χ2v) is 6.23. The number of carbonyl (C=O) groups excluding carboxylic acids is 1. The van der Waals surface area contributed by atoms with Crippen molar-refractivity contribution in [2.45, 2.75) is 27.2 Å². The summed E-state index contributed by atoms with van der Waals surface area (Å²) in [7, 11) is 0. The Labute approximate surface area is 125 Å². The summed E-state index contributed by atoms with van der Waals surface area (Å²) in [6.07, 6.45) is 0.856. The van der Waals surface area contributed by atoms with Gasteiger partial charge in [-0.05, 0) is 38.0 Å². The molecule has 0 aliphatic heterocycles. The zero-order valence-electron chi connectivity index (χ0n) is 11.1. The molecule has 0 unspecified atom stereocenters. The minimum Gasteiger partial charge on any atom is -0.321 e. The van der Waals surface area contributed by atoms with E-state index in [4.69, 9.17) is 0 Å². The molecule has 2 rings (SSSR count). The maximum Gasteiger partial charge on any atom is 0.267 e. The quantitative estimate of drug-likeness (QED) is 0.904. The van der Waals surface area contributed by atoms with E-state index in [1.807, 2.05) is 39.0 Å². The molecule has 100 valence electrons. The molecule has 1 N–H and O–H groups in total. The number of anilines is 1. The number of hydrogen-bond donors (Lipinski definition) is 1. The first kappa shape index (κ1) is 14.2. The van der Waals surface area contributed by atoms with Crippen molar-refractivity contribution in [2.24, 2.45) is 0 Å². The molecule has 19 heavy (non-hydrogen) atoms. The predicted molar refractivity (Wildman–Crippen MR) is 83.1 cm³/mol. The lowest BCUT2D eigenvalue weighted by Gasteiger charge is -2.06. The monoisotopic (exact) mass is 338 g/mol. The molecule has 0 radical (unpaired) electrons. The van der Waals surface area contributed by atoms with Crippen molar-refractivity contribution in [1.29, 1.82) is 0 Å². The number of amides is 1. The second-order valence-electron chi connectivity index (χ2n) is 4.29. The van der Waals surface area contributed by atoms with E-state index in [0.717, 1.165) is 32.8 Å². The average Bonchev–Trinajstić information content (AvgIpc) is 2.75. The van der Waals surface area contributed by atoms with E-state index in [2.05, 4.69) is 26.2 Å². The van der Waals surface area contributed by atoms with Crippen molar-refractivity contribution in [1.82, 2.24) is 4.98 Å². The molecule has 0 saturated carbocycles. The smallest absolute Gasteiger partial charge is 0.267 e. The standard InChI is InChI=1S/C14H15BrN2OS/c1-4-12-16-9(3)13(19-12)14(18)17-10-6-5-8(2)11(15)7-10/h5-7H,4H2,1-3H3,(H,17,18). The van der Waals surface area contributed by atoms with Gasteiger partial charge in [0.05, 0.1) is 10.7 Å². The van der Waals surface area contributed by atoms with Crippen LogP contribution in [0.5, 0.6) is 0 Å². The van der Waals surface area contributed by atoms with E-state index < -0.39 is 0 Å². The second kappa shape index (κ2) is 5.84. The van der Waals surface area contributed by atoms with E-state index in [0.29, 0.717) is 4.88 Å². The molecule has 0 aliphatic carbocycles. The third-order valence-electron chi connectivity index (χ3n) is 2.78. The van der Waals surface area contributed by atoms with Crippen LogP contribution in [0.15, 0.2) is 22.7 Å². The molecular weight excluding hydrogens is 324 g/mol. The molecule has 3 nitrogen and oxygen atoms in total. The van der Waals surface area contributed by atoms with Gasteiger partial charge in [0.2, 0.25) is 0 Å². The summed E-state index contributed by atoms with van der Waals surface area (Å²) in [6, 6.07) is 5.77. The Hall–Kier alpha value is -1.20. The van der Waals surface area contributed by atoms with Crippen LogP contribution in [0.1, 0.15) is 32.9 Å². The Kier molecular flexibility index (Phi) is 4.37. The SMILES string of the molecule is CCc1nc(C)c(C(=O)Nc2ccc(C)c(Br)c2)s1. The summed E-state index contributed by atoms with van der Waals surface area (Å²) < 4.78 is 0.987. The summed E-state index contributed by atoms with van der Waals surface area (Å²) >= 11 is 4.92. The van der Waals surface area contributed by atoms with Gasteiger partial charge in [-0.15, -0.1) is 11.3 Å². The number of aryl methyl sites for hydroxylation is 3. The fraction of sp³-hybridized carbons (Fsp3) is 0.286. The van der Waals surface area contributed by atoms with Gasteiger partial charge in [0.15, 0.2) is 0 Å². The van der Waals surface area contributed by atoms with Crippen molar-refractivity contribution in [3.05, 3.63) is 43.8 Å². The molecule has 5 heteroatoms. The van der Waals surface area contributed by atoms with Gasteiger partial charge in [-0.3, -0.25) is 4.79 Å². The van der Waals surface area contributed by atoms with Gasteiger partial charge in [-0.1, -0.05) is 28.9 Å². The molecule has 1 aromatic heterocycles. The summed E-state index contributed by atoms with van der Waals surface area (Å²) in [6.45, 7) is 5.92. The third-order valence-corrected chi connectivity index (χ3v) is 4.93. The average molecular weight is 339 g/mol. The fourth-order valence-corrected chi connectivity index (χ4v) is 2.95. The molecule has 0 atom stereocenters. The van der Waals surface area contributed by atoms with E-state index in [1.54, 1.807) is 0 Å². The largest absolute Gasteiger partial charge is 0.321 e. The minimum atomic E-state index is -0.0922.